The molecule has 1 amide bonds. The molecule has 3 aliphatic rings. The van der Waals surface area contributed by atoms with E-state index in [1.54, 1.807) is 12.1 Å². The first kappa shape index (κ1) is 19.4. The molecule has 1 N–H and O–H groups in total. The largest absolute Gasteiger partial charge is 0.337 e. The number of halogens is 2. The lowest BCUT2D eigenvalue weighted by atomic mass is 9.78. The number of likely N-dealkylation sites (tertiary alicyclic amines) is 1. The molecule has 2 saturated heterocycles. The Kier molecular flexibility index (Phi) is 5.19. The molecule has 0 radical (unpaired) electrons. The smallest absolute Gasteiger partial charge is 0.274 e. The van der Waals surface area contributed by atoms with Gasteiger partial charge in [-0.3, -0.25) is 4.79 Å². The Morgan fingerprint density at radius 2 is 1.86 bits per heavy atom. The van der Waals surface area contributed by atoms with E-state index in [0.29, 0.717) is 11.1 Å². The molecule has 1 spiro atoms. The molecule has 3 heterocycles. The van der Waals surface area contributed by atoms with Gasteiger partial charge in [0.15, 0.2) is 5.69 Å². The number of aromatic nitrogens is 2. The third kappa shape index (κ3) is 3.22. The third-order valence-corrected chi connectivity index (χ3v) is 6.65. The fourth-order valence-electron chi connectivity index (χ4n) is 4.96. The second kappa shape index (κ2) is 7.48. The molecule has 2 aliphatic heterocycles. The highest BCUT2D eigenvalue weighted by molar-refractivity contribution is 5.94. The second-order valence-corrected chi connectivity index (χ2v) is 8.23. The van der Waals surface area contributed by atoms with Crippen molar-refractivity contribution in [2.24, 2.45) is 5.41 Å². The molecule has 0 atom stereocenters. The first-order valence-corrected chi connectivity index (χ1v) is 10.0. The highest BCUT2D eigenvalue weighted by Crippen LogP contribution is 2.37. The van der Waals surface area contributed by atoms with E-state index in [9.17, 15) is 9.18 Å². The van der Waals surface area contributed by atoms with Crippen molar-refractivity contribution in [3.63, 3.8) is 0 Å². The van der Waals surface area contributed by atoms with Crippen molar-refractivity contribution in [1.82, 2.24) is 20.0 Å². The van der Waals surface area contributed by atoms with E-state index in [2.05, 4.69) is 10.4 Å². The molecule has 7 heteroatoms. The number of hydrogen-bond acceptors (Lipinski definition) is 3. The average Bonchev–Trinajstić information content (AvgIpc) is 3.40. The van der Waals surface area contributed by atoms with Crippen molar-refractivity contribution in [3.8, 4) is 5.69 Å². The summed E-state index contributed by atoms with van der Waals surface area (Å²) in [5.41, 5.74) is 4.02. The summed E-state index contributed by atoms with van der Waals surface area (Å²) in [4.78, 5) is 15.2. The molecule has 2 fully saturated rings. The highest BCUT2D eigenvalue weighted by atomic mass is 35.5. The maximum atomic E-state index is 13.3. The van der Waals surface area contributed by atoms with Gasteiger partial charge in [0.1, 0.15) is 5.82 Å². The van der Waals surface area contributed by atoms with E-state index in [-0.39, 0.29) is 24.1 Å². The van der Waals surface area contributed by atoms with Gasteiger partial charge in [-0.25, -0.2) is 9.07 Å². The summed E-state index contributed by atoms with van der Waals surface area (Å²) in [6, 6.07) is 6.35. The summed E-state index contributed by atoms with van der Waals surface area (Å²) in [5.74, 6) is -0.197. The minimum Gasteiger partial charge on any atom is -0.337 e. The van der Waals surface area contributed by atoms with Gasteiger partial charge in [0, 0.05) is 30.9 Å². The molecule has 1 aromatic heterocycles. The molecule has 2 aromatic rings. The first-order valence-electron chi connectivity index (χ1n) is 10.0. The van der Waals surface area contributed by atoms with Gasteiger partial charge in [0.05, 0.1) is 5.69 Å². The fraction of sp³-hybridized carbons (Fsp3) is 0.524. The van der Waals surface area contributed by atoms with E-state index in [0.717, 1.165) is 75.2 Å². The number of nitrogens with zero attached hydrogens (tertiary/aromatic N) is 3. The van der Waals surface area contributed by atoms with E-state index in [4.69, 9.17) is 0 Å². The molecule has 150 valence electrons. The third-order valence-electron chi connectivity index (χ3n) is 6.65. The zero-order valence-corrected chi connectivity index (χ0v) is 16.7. The Labute approximate surface area is 170 Å². The summed E-state index contributed by atoms with van der Waals surface area (Å²) >= 11 is 0. The Balaban J connectivity index is 0.00000192. The number of carbonyl (C=O) groups excluding carboxylic acids is 1. The van der Waals surface area contributed by atoms with Crippen molar-refractivity contribution in [2.45, 2.75) is 38.5 Å². The highest BCUT2D eigenvalue weighted by Gasteiger charge is 2.39. The summed E-state index contributed by atoms with van der Waals surface area (Å²) in [5, 5.41) is 8.16. The molecule has 1 aromatic carbocycles. The van der Waals surface area contributed by atoms with Crippen LogP contribution in [0, 0.1) is 11.2 Å². The van der Waals surface area contributed by atoms with Gasteiger partial charge in [-0.15, -0.1) is 12.4 Å². The predicted molar refractivity (Wildman–Crippen MR) is 108 cm³/mol. The van der Waals surface area contributed by atoms with Crippen LogP contribution in [0.5, 0.6) is 0 Å². The van der Waals surface area contributed by atoms with E-state index >= 15 is 0 Å². The van der Waals surface area contributed by atoms with Crippen LogP contribution >= 0.6 is 12.4 Å². The van der Waals surface area contributed by atoms with Gasteiger partial charge in [-0.05, 0) is 74.8 Å². The fourth-order valence-corrected chi connectivity index (χ4v) is 4.96. The Morgan fingerprint density at radius 1 is 1.11 bits per heavy atom. The van der Waals surface area contributed by atoms with Crippen LogP contribution in [0.1, 0.15) is 47.4 Å². The van der Waals surface area contributed by atoms with Crippen molar-refractivity contribution >= 4 is 18.3 Å². The van der Waals surface area contributed by atoms with Crippen molar-refractivity contribution in [1.29, 1.82) is 0 Å². The topological polar surface area (TPSA) is 50.2 Å². The number of hydrogen-bond donors (Lipinski definition) is 1. The molecule has 28 heavy (non-hydrogen) atoms. The maximum Gasteiger partial charge on any atom is 0.274 e. The SMILES string of the molecule is Cl.O=C(c1nn(-c2ccc(F)cc2)c2c1CCC2)N1CCC2(CCNC2)CC1. The number of piperidine rings is 1. The number of rotatable bonds is 2. The lowest BCUT2D eigenvalue weighted by molar-refractivity contribution is 0.0600. The maximum absolute atomic E-state index is 13.3. The molecule has 1 aliphatic carbocycles. The Morgan fingerprint density at radius 3 is 2.54 bits per heavy atom. The summed E-state index contributed by atoms with van der Waals surface area (Å²) in [7, 11) is 0. The van der Waals surface area contributed by atoms with Crippen molar-refractivity contribution in [2.75, 3.05) is 26.2 Å². The molecule has 0 unspecified atom stereocenters. The minimum absolute atomic E-state index is 0. The van der Waals surface area contributed by atoms with Gasteiger partial charge in [0.25, 0.3) is 5.91 Å². The van der Waals surface area contributed by atoms with Crippen LogP contribution in [-0.4, -0.2) is 46.8 Å². The zero-order chi connectivity index (χ0) is 18.4. The van der Waals surface area contributed by atoms with Crippen LogP contribution in [0.2, 0.25) is 0 Å². The molecular weight excluding hydrogens is 379 g/mol. The van der Waals surface area contributed by atoms with Gasteiger partial charge in [-0.1, -0.05) is 0 Å². The monoisotopic (exact) mass is 404 g/mol. The number of carbonyl (C=O) groups is 1. The van der Waals surface area contributed by atoms with Gasteiger partial charge in [-0.2, -0.15) is 5.10 Å². The van der Waals surface area contributed by atoms with Gasteiger partial charge in [0.2, 0.25) is 0 Å². The van der Waals surface area contributed by atoms with Crippen LogP contribution in [-0.2, 0) is 12.8 Å². The summed E-state index contributed by atoms with van der Waals surface area (Å²) in [6.07, 6.45) is 6.24. The molecule has 0 bridgehead atoms. The lowest BCUT2D eigenvalue weighted by Crippen LogP contribution is -2.44. The number of amides is 1. The van der Waals surface area contributed by atoms with Crippen molar-refractivity contribution in [3.05, 3.63) is 47.0 Å². The number of fused-ring (bicyclic) bond motifs is 1. The summed E-state index contributed by atoms with van der Waals surface area (Å²) in [6.45, 7) is 3.82. The standard InChI is InChI=1S/C21H25FN4O.ClH/c22-15-4-6-16(7-5-15)26-18-3-1-2-17(18)19(24-26)20(27)25-12-9-21(10-13-25)8-11-23-14-21;/h4-7,23H,1-3,8-14H2;1H. The number of benzene rings is 1. The van der Waals surface area contributed by atoms with Crippen LogP contribution in [0.25, 0.3) is 5.69 Å². The normalized spacial score (nSPS) is 20.2. The van der Waals surface area contributed by atoms with Crippen LogP contribution in [0.4, 0.5) is 4.39 Å². The first-order chi connectivity index (χ1) is 13.2. The minimum atomic E-state index is -0.262. The molecule has 5 nitrogen and oxygen atoms in total. The predicted octanol–water partition coefficient (Wildman–Crippen LogP) is 3.14. The quantitative estimate of drug-likeness (QED) is 0.836. The van der Waals surface area contributed by atoms with E-state index in [1.807, 2.05) is 9.58 Å². The summed E-state index contributed by atoms with van der Waals surface area (Å²) < 4.78 is 15.1. The molecule has 0 saturated carbocycles. The van der Waals surface area contributed by atoms with Crippen LogP contribution < -0.4 is 5.32 Å². The molecular formula is C21H26ClFN4O. The van der Waals surface area contributed by atoms with Crippen molar-refractivity contribution < 1.29 is 9.18 Å². The van der Waals surface area contributed by atoms with Crippen LogP contribution in [0.15, 0.2) is 24.3 Å². The average molecular weight is 405 g/mol. The van der Waals surface area contributed by atoms with Crippen LogP contribution in [0.3, 0.4) is 0 Å². The van der Waals surface area contributed by atoms with E-state index in [1.165, 1.54) is 18.6 Å². The van der Waals surface area contributed by atoms with E-state index < -0.39 is 0 Å². The second-order valence-electron chi connectivity index (χ2n) is 8.23. The lowest BCUT2D eigenvalue weighted by Gasteiger charge is -2.38. The molecule has 5 rings (SSSR count). The number of nitrogens with one attached hydrogen (secondary N) is 1. The van der Waals surface area contributed by atoms with Gasteiger partial charge >= 0.3 is 0 Å². The zero-order valence-electron chi connectivity index (χ0n) is 15.9. The Bertz CT molecular complexity index is 863. The Hall–Kier alpha value is -1.92. The van der Waals surface area contributed by atoms with Gasteiger partial charge < -0.3 is 10.2 Å².